The predicted molar refractivity (Wildman–Crippen MR) is 147 cm³/mol. The van der Waals surface area contributed by atoms with Crippen LogP contribution >= 0.6 is 23.2 Å². The van der Waals surface area contributed by atoms with E-state index in [9.17, 15) is 24.0 Å². The number of nitrogens with one attached hydrogen (secondary N) is 1. The molecule has 6 atom stereocenters. The number of hydrogen-bond donors (Lipinski definition) is 1. The fourth-order valence-corrected chi connectivity index (χ4v) is 6.76. The molecule has 1 N–H and O–H groups in total. The molecule has 0 unspecified atom stereocenters. The Morgan fingerprint density at radius 1 is 0.900 bits per heavy atom. The topological polar surface area (TPSA) is 119 Å². The number of alkyl halides is 2. The Morgan fingerprint density at radius 3 is 2.15 bits per heavy atom. The molecule has 40 heavy (non-hydrogen) atoms. The van der Waals surface area contributed by atoms with E-state index >= 15 is 0 Å². The normalized spacial score (nSPS) is 26.5. The summed E-state index contributed by atoms with van der Waals surface area (Å²) >= 11 is 12.8. The molecule has 2 bridgehead atoms. The van der Waals surface area contributed by atoms with Crippen LogP contribution in [0.1, 0.15) is 46.9 Å². The maximum Gasteiger partial charge on any atom is 0.338 e. The Kier molecular flexibility index (Phi) is 8.14. The van der Waals surface area contributed by atoms with Crippen LogP contribution in [-0.4, -0.2) is 53.6 Å². The summed E-state index contributed by atoms with van der Waals surface area (Å²) in [5.41, 5.74) is 1.12. The molecule has 2 aromatic rings. The number of carbonyl (C=O) groups excluding carboxylic acids is 5. The number of anilines is 2. The molecule has 5 rings (SSSR count). The fraction of sp³-hybridized carbons (Fsp3) is 0.414. The van der Waals surface area contributed by atoms with Gasteiger partial charge in [0.15, 0.2) is 6.61 Å². The van der Waals surface area contributed by atoms with Crippen molar-refractivity contribution in [3.05, 3.63) is 59.7 Å². The number of ether oxygens (including phenoxy) is 2. The minimum Gasteiger partial charge on any atom is -0.462 e. The molecule has 9 nitrogen and oxygen atoms in total. The minimum atomic E-state index is -0.789. The van der Waals surface area contributed by atoms with Gasteiger partial charge in [-0.2, -0.15) is 0 Å². The van der Waals surface area contributed by atoms with Crippen LogP contribution in [0.3, 0.4) is 0 Å². The third-order valence-electron chi connectivity index (χ3n) is 7.80. The van der Waals surface area contributed by atoms with E-state index in [4.69, 9.17) is 32.7 Å². The van der Waals surface area contributed by atoms with Gasteiger partial charge in [0.05, 0.1) is 46.0 Å². The zero-order valence-electron chi connectivity index (χ0n) is 21.7. The van der Waals surface area contributed by atoms with Crippen LogP contribution in [0.15, 0.2) is 48.5 Å². The van der Waals surface area contributed by atoms with Crippen LogP contribution < -0.4 is 10.2 Å². The van der Waals surface area contributed by atoms with Gasteiger partial charge in [0.2, 0.25) is 11.8 Å². The second-order valence-corrected chi connectivity index (χ2v) is 11.3. The average molecular weight is 587 g/mol. The number of imide groups is 1. The Morgan fingerprint density at radius 2 is 1.52 bits per heavy atom. The zero-order chi connectivity index (χ0) is 28.6. The minimum absolute atomic E-state index is 0.0855. The molecule has 1 heterocycles. The average Bonchev–Trinajstić information content (AvgIpc) is 3.57. The number of fused-ring (bicyclic) bond motifs is 5. The summed E-state index contributed by atoms with van der Waals surface area (Å²) in [4.78, 5) is 64.6. The Bertz CT molecular complexity index is 1320. The molecule has 0 aromatic heterocycles. The van der Waals surface area contributed by atoms with E-state index in [1.54, 1.807) is 24.3 Å². The highest BCUT2D eigenvalue weighted by atomic mass is 35.5. The smallest absolute Gasteiger partial charge is 0.338 e. The van der Waals surface area contributed by atoms with Crippen molar-refractivity contribution in [1.29, 1.82) is 0 Å². The lowest BCUT2D eigenvalue weighted by atomic mass is 9.80. The van der Waals surface area contributed by atoms with Crippen molar-refractivity contribution in [2.75, 3.05) is 23.4 Å². The highest BCUT2D eigenvalue weighted by Crippen LogP contribution is 2.59. The van der Waals surface area contributed by atoms with Crippen LogP contribution in [0.5, 0.6) is 0 Å². The van der Waals surface area contributed by atoms with Crippen molar-refractivity contribution in [2.24, 2.45) is 23.7 Å². The Balaban J connectivity index is 1.17. The number of esters is 2. The first-order valence-corrected chi connectivity index (χ1v) is 14.1. The molecule has 2 aromatic carbocycles. The van der Waals surface area contributed by atoms with E-state index in [-0.39, 0.29) is 45.7 Å². The molecule has 210 valence electrons. The summed E-state index contributed by atoms with van der Waals surface area (Å²) in [6, 6.07) is 12.1. The standard InChI is InChI=1S/C29H28Cl2N2O7/c1-2-3-11-39-28(37)15-7-9-17(10-8-15)32-21(34)14-40-29(38)16-5-4-6-18(12-16)33-26(35)22-19-13-20(23(22)27(33)36)25(31)24(19)30/h4-10,12,19-20,22-25H,2-3,11,13-14H2,1H3,(H,32,34)/t19-,20-,22-,23+,24+,25+/m1/s1. The molecule has 3 aliphatic rings. The highest BCUT2D eigenvalue weighted by Gasteiger charge is 2.66. The van der Waals surface area contributed by atoms with Gasteiger partial charge in [-0.1, -0.05) is 19.4 Å². The number of rotatable bonds is 9. The van der Waals surface area contributed by atoms with E-state index in [2.05, 4.69) is 5.32 Å². The largest absolute Gasteiger partial charge is 0.462 e. The van der Waals surface area contributed by atoms with Crippen molar-refractivity contribution in [1.82, 2.24) is 0 Å². The molecule has 0 spiro atoms. The van der Waals surface area contributed by atoms with Crippen molar-refractivity contribution in [3.8, 4) is 0 Å². The second-order valence-electron chi connectivity index (χ2n) is 10.3. The molecule has 11 heteroatoms. The maximum absolute atomic E-state index is 13.2. The molecular formula is C29H28Cl2N2O7. The first-order chi connectivity index (χ1) is 19.2. The molecule has 2 saturated carbocycles. The van der Waals surface area contributed by atoms with Gasteiger partial charge >= 0.3 is 11.9 Å². The van der Waals surface area contributed by atoms with Gasteiger partial charge in [0.25, 0.3) is 5.91 Å². The molecule has 3 fully saturated rings. The Labute approximate surface area is 241 Å². The summed E-state index contributed by atoms with van der Waals surface area (Å²) < 4.78 is 10.3. The van der Waals surface area contributed by atoms with Gasteiger partial charge in [0.1, 0.15) is 0 Å². The lowest BCUT2D eigenvalue weighted by Crippen LogP contribution is -2.37. The maximum atomic E-state index is 13.2. The number of unbranched alkanes of at least 4 members (excludes halogenated alkanes) is 1. The second kappa shape index (κ2) is 11.6. The van der Waals surface area contributed by atoms with Crippen LogP contribution in [0.4, 0.5) is 11.4 Å². The number of nitrogens with zero attached hydrogens (tertiary/aromatic N) is 1. The number of carbonyl (C=O) groups is 5. The van der Waals surface area contributed by atoms with Crippen molar-refractivity contribution in [3.63, 3.8) is 0 Å². The van der Waals surface area contributed by atoms with Crippen molar-refractivity contribution >= 4 is 64.2 Å². The van der Waals surface area contributed by atoms with Gasteiger partial charge in [0, 0.05) is 5.69 Å². The van der Waals surface area contributed by atoms with Gasteiger partial charge in [-0.25, -0.2) is 9.59 Å². The van der Waals surface area contributed by atoms with Crippen LogP contribution in [0, 0.1) is 23.7 Å². The van der Waals surface area contributed by atoms with E-state index < -0.39 is 36.3 Å². The highest BCUT2D eigenvalue weighted by molar-refractivity contribution is 6.32. The van der Waals surface area contributed by atoms with Gasteiger partial charge in [-0.05, 0) is 67.1 Å². The molecule has 3 amide bonds. The van der Waals surface area contributed by atoms with Crippen molar-refractivity contribution in [2.45, 2.75) is 36.9 Å². The lowest BCUT2D eigenvalue weighted by Gasteiger charge is -2.28. The van der Waals surface area contributed by atoms with Gasteiger partial charge in [-0.3, -0.25) is 19.3 Å². The molecule has 2 aliphatic carbocycles. The number of benzene rings is 2. The van der Waals surface area contributed by atoms with E-state index in [0.29, 0.717) is 24.3 Å². The Hall–Kier alpha value is -3.43. The molecule has 1 saturated heterocycles. The third-order valence-corrected chi connectivity index (χ3v) is 9.12. The number of amides is 3. The van der Waals surface area contributed by atoms with E-state index in [0.717, 1.165) is 17.7 Å². The van der Waals surface area contributed by atoms with E-state index in [1.165, 1.54) is 24.3 Å². The zero-order valence-corrected chi connectivity index (χ0v) is 23.2. The van der Waals surface area contributed by atoms with Gasteiger partial charge in [-0.15, -0.1) is 23.2 Å². The summed E-state index contributed by atoms with van der Waals surface area (Å²) in [5, 5.41) is 1.87. The molecule has 1 aliphatic heterocycles. The molecule has 0 radical (unpaired) electrons. The summed E-state index contributed by atoms with van der Waals surface area (Å²) in [5.74, 6) is -3.78. The molecular weight excluding hydrogens is 559 g/mol. The lowest BCUT2D eigenvalue weighted by molar-refractivity contribution is -0.123. The SMILES string of the molecule is CCCCOC(=O)c1ccc(NC(=O)COC(=O)c2cccc(N3C(=O)[C@@H]4[C@H]5C[C@@H]([C@H](Cl)[C@H]5Cl)[C@@H]4C3=O)c2)cc1. The first-order valence-electron chi connectivity index (χ1n) is 13.2. The quantitative estimate of drug-likeness (QED) is 0.200. The van der Waals surface area contributed by atoms with E-state index in [1.807, 2.05) is 6.92 Å². The van der Waals surface area contributed by atoms with Crippen LogP contribution in [0.2, 0.25) is 0 Å². The number of hydrogen-bond acceptors (Lipinski definition) is 7. The first kappa shape index (κ1) is 28.1. The van der Waals surface area contributed by atoms with Gasteiger partial charge < -0.3 is 14.8 Å². The summed E-state index contributed by atoms with van der Waals surface area (Å²) in [7, 11) is 0. The summed E-state index contributed by atoms with van der Waals surface area (Å²) in [6.45, 7) is 1.78. The third kappa shape index (κ3) is 5.20. The fourth-order valence-electron chi connectivity index (χ4n) is 5.87. The number of halogens is 2. The summed E-state index contributed by atoms with van der Waals surface area (Å²) in [6.07, 6.45) is 2.36. The predicted octanol–water partition coefficient (Wildman–Crippen LogP) is 4.41. The van der Waals surface area contributed by atoms with Crippen LogP contribution in [0.25, 0.3) is 0 Å². The van der Waals surface area contributed by atoms with Crippen LogP contribution in [-0.2, 0) is 23.9 Å². The van der Waals surface area contributed by atoms with Crippen molar-refractivity contribution < 1.29 is 33.4 Å². The monoisotopic (exact) mass is 586 g/mol.